The predicted molar refractivity (Wildman–Crippen MR) is 118 cm³/mol. The predicted octanol–water partition coefficient (Wildman–Crippen LogP) is 4.78. The number of aromatic carboxylic acids is 1. The van der Waals surface area contributed by atoms with Crippen LogP contribution in [0.3, 0.4) is 0 Å². The largest absolute Gasteiger partial charge is 0.478 e. The molecule has 3 aromatic rings. The van der Waals surface area contributed by atoms with E-state index in [0.717, 1.165) is 42.1 Å². The lowest BCUT2D eigenvalue weighted by atomic mass is 9.95. The average molecular weight is 405 g/mol. The van der Waals surface area contributed by atoms with Crippen molar-refractivity contribution in [1.82, 2.24) is 4.57 Å². The van der Waals surface area contributed by atoms with Crippen LogP contribution in [0.2, 0.25) is 0 Å². The van der Waals surface area contributed by atoms with Crippen molar-refractivity contribution in [3.05, 3.63) is 70.4 Å². The Morgan fingerprint density at radius 2 is 2.00 bits per heavy atom. The van der Waals surface area contributed by atoms with Gasteiger partial charge in [0.2, 0.25) is 5.91 Å². The van der Waals surface area contributed by atoms with Gasteiger partial charge in [-0.25, -0.2) is 4.79 Å². The molecule has 1 aromatic heterocycles. The quantitative estimate of drug-likeness (QED) is 0.580. The number of hydrogen-bond donors (Lipinski definition) is 2. The number of hydrogen-bond acceptors (Lipinski definition) is 2. The molecule has 4 rings (SSSR count). The molecule has 5 nitrogen and oxygen atoms in total. The lowest BCUT2D eigenvalue weighted by Gasteiger charge is -2.17. The smallest absolute Gasteiger partial charge is 0.337 e. The number of fused-ring (bicyclic) bond motifs is 3. The fourth-order valence-electron chi connectivity index (χ4n) is 4.99. The summed E-state index contributed by atoms with van der Waals surface area (Å²) in [7, 11) is 0. The number of aromatic nitrogens is 1. The van der Waals surface area contributed by atoms with E-state index in [2.05, 4.69) is 17.6 Å². The van der Waals surface area contributed by atoms with Gasteiger partial charge < -0.3 is 15.4 Å². The minimum Gasteiger partial charge on any atom is -0.478 e. The van der Waals surface area contributed by atoms with Gasteiger partial charge in [-0.05, 0) is 60.9 Å². The van der Waals surface area contributed by atoms with Crippen LogP contribution in [-0.4, -0.2) is 21.6 Å². The van der Waals surface area contributed by atoms with E-state index >= 15 is 0 Å². The Morgan fingerprint density at radius 3 is 2.73 bits per heavy atom. The highest BCUT2D eigenvalue weighted by atomic mass is 16.4. The Labute approximate surface area is 176 Å². The molecule has 3 N–H and O–H groups in total. The molecule has 0 fully saturated rings. The molecule has 0 saturated carbocycles. The number of primary amides is 1. The number of carbonyl (C=O) groups excluding carboxylic acids is 1. The summed E-state index contributed by atoms with van der Waals surface area (Å²) in [6, 6.07) is 12.9. The molecule has 1 heterocycles. The van der Waals surface area contributed by atoms with Crippen molar-refractivity contribution in [2.75, 3.05) is 0 Å². The van der Waals surface area contributed by atoms with Gasteiger partial charge in [-0.15, -0.1) is 0 Å². The van der Waals surface area contributed by atoms with E-state index in [1.54, 1.807) is 12.1 Å². The molecule has 5 heteroatoms. The fourth-order valence-corrected chi connectivity index (χ4v) is 4.99. The molecular weight excluding hydrogens is 376 g/mol. The minimum atomic E-state index is -0.912. The number of amides is 1. The third kappa shape index (κ3) is 3.72. The van der Waals surface area contributed by atoms with Crippen molar-refractivity contribution in [2.45, 2.75) is 52.0 Å². The lowest BCUT2D eigenvalue weighted by molar-refractivity contribution is 0.0698. The van der Waals surface area contributed by atoms with E-state index in [1.807, 2.05) is 24.3 Å². The molecule has 2 aromatic carbocycles. The first kappa shape index (κ1) is 20.2. The summed E-state index contributed by atoms with van der Waals surface area (Å²) < 4.78 is 2.18. The van der Waals surface area contributed by atoms with Gasteiger partial charge in [0.05, 0.1) is 11.1 Å². The van der Waals surface area contributed by atoms with Gasteiger partial charge in [0, 0.05) is 23.2 Å². The number of benzene rings is 2. The summed E-state index contributed by atoms with van der Waals surface area (Å²) in [6.45, 7) is 2.75. The molecule has 0 aliphatic heterocycles. The van der Waals surface area contributed by atoms with Crippen molar-refractivity contribution >= 4 is 22.8 Å². The molecule has 1 aliphatic rings. The number of nitrogens with two attached hydrogens (primary N) is 1. The molecule has 1 atom stereocenters. The van der Waals surface area contributed by atoms with Crippen molar-refractivity contribution < 1.29 is 14.7 Å². The van der Waals surface area contributed by atoms with E-state index in [0.29, 0.717) is 23.6 Å². The van der Waals surface area contributed by atoms with Gasteiger partial charge in [-0.3, -0.25) is 4.79 Å². The second-order valence-electron chi connectivity index (χ2n) is 8.33. The minimum absolute atomic E-state index is 0.332. The monoisotopic (exact) mass is 404 g/mol. The number of carboxylic acids is 1. The Bertz CT molecular complexity index is 1110. The lowest BCUT2D eigenvalue weighted by Crippen LogP contribution is -2.13. The highest BCUT2D eigenvalue weighted by Gasteiger charge is 2.26. The third-order valence-corrected chi connectivity index (χ3v) is 6.31. The summed E-state index contributed by atoms with van der Waals surface area (Å²) in [4.78, 5) is 23.7. The number of nitrogens with zero attached hydrogens (tertiary/aromatic N) is 1. The Morgan fingerprint density at radius 1 is 1.20 bits per heavy atom. The van der Waals surface area contributed by atoms with Gasteiger partial charge in [0.25, 0.3) is 0 Å². The maximum Gasteiger partial charge on any atom is 0.337 e. The SMILES string of the molecule is CCCC1CCCc2c(n(Cc3cccc(C(N)=O)c3)c3c(C(=O)O)cccc23)C1. The summed E-state index contributed by atoms with van der Waals surface area (Å²) in [6.07, 6.45) is 6.62. The van der Waals surface area contributed by atoms with Crippen molar-refractivity contribution in [1.29, 1.82) is 0 Å². The first-order valence-corrected chi connectivity index (χ1v) is 10.7. The van der Waals surface area contributed by atoms with E-state index < -0.39 is 11.9 Å². The zero-order valence-corrected chi connectivity index (χ0v) is 17.4. The van der Waals surface area contributed by atoms with Crippen LogP contribution in [0.1, 0.15) is 70.1 Å². The fraction of sp³-hybridized carbons (Fsp3) is 0.360. The Hall–Kier alpha value is -3.08. The Balaban J connectivity index is 1.91. The van der Waals surface area contributed by atoms with Gasteiger partial charge in [0.1, 0.15) is 0 Å². The second kappa shape index (κ2) is 8.34. The maximum absolute atomic E-state index is 12.0. The Kier molecular flexibility index (Phi) is 5.62. The van der Waals surface area contributed by atoms with E-state index in [4.69, 9.17) is 5.73 Å². The van der Waals surface area contributed by atoms with Crippen LogP contribution in [-0.2, 0) is 19.4 Å². The van der Waals surface area contributed by atoms with E-state index in [-0.39, 0.29) is 0 Å². The maximum atomic E-state index is 12.0. The molecular formula is C25H28N2O3. The first-order valence-electron chi connectivity index (χ1n) is 10.7. The number of carboxylic acid groups (broad SMARTS) is 1. The highest BCUT2D eigenvalue weighted by Crippen LogP contribution is 2.36. The van der Waals surface area contributed by atoms with Crippen LogP contribution in [0.4, 0.5) is 0 Å². The number of para-hydroxylation sites is 1. The first-order chi connectivity index (χ1) is 14.5. The molecule has 0 saturated heterocycles. The molecule has 1 unspecified atom stereocenters. The summed E-state index contributed by atoms with van der Waals surface area (Å²) in [5.41, 5.74) is 10.5. The summed E-state index contributed by atoms with van der Waals surface area (Å²) in [5.74, 6) is -0.752. The van der Waals surface area contributed by atoms with Gasteiger partial charge in [-0.2, -0.15) is 0 Å². The van der Waals surface area contributed by atoms with Crippen LogP contribution in [0.25, 0.3) is 10.9 Å². The van der Waals surface area contributed by atoms with Gasteiger partial charge in [-0.1, -0.05) is 44.0 Å². The summed E-state index contributed by atoms with van der Waals surface area (Å²) >= 11 is 0. The van der Waals surface area contributed by atoms with Crippen LogP contribution in [0.5, 0.6) is 0 Å². The van der Waals surface area contributed by atoms with Crippen LogP contribution >= 0.6 is 0 Å². The molecule has 0 bridgehead atoms. The molecule has 0 radical (unpaired) electrons. The van der Waals surface area contributed by atoms with Gasteiger partial charge >= 0.3 is 5.97 Å². The molecule has 30 heavy (non-hydrogen) atoms. The van der Waals surface area contributed by atoms with E-state index in [9.17, 15) is 14.7 Å². The van der Waals surface area contributed by atoms with Crippen LogP contribution in [0.15, 0.2) is 42.5 Å². The average Bonchev–Trinajstić information content (AvgIpc) is 2.87. The molecule has 1 amide bonds. The topological polar surface area (TPSA) is 85.3 Å². The number of carbonyl (C=O) groups is 2. The molecule has 1 aliphatic carbocycles. The zero-order valence-electron chi connectivity index (χ0n) is 17.4. The van der Waals surface area contributed by atoms with Crippen molar-refractivity contribution in [3.63, 3.8) is 0 Å². The highest BCUT2D eigenvalue weighted by molar-refractivity contribution is 6.04. The number of rotatable bonds is 6. The number of aryl methyl sites for hydroxylation is 1. The van der Waals surface area contributed by atoms with Crippen molar-refractivity contribution in [3.8, 4) is 0 Å². The van der Waals surface area contributed by atoms with Crippen LogP contribution < -0.4 is 5.73 Å². The summed E-state index contributed by atoms with van der Waals surface area (Å²) in [5, 5.41) is 10.9. The second-order valence-corrected chi connectivity index (χ2v) is 8.33. The molecule has 0 spiro atoms. The van der Waals surface area contributed by atoms with Gasteiger partial charge in [0.15, 0.2) is 0 Å². The third-order valence-electron chi connectivity index (χ3n) is 6.31. The normalized spacial score (nSPS) is 16.2. The zero-order chi connectivity index (χ0) is 21.3. The molecule has 156 valence electrons. The van der Waals surface area contributed by atoms with Crippen LogP contribution in [0, 0.1) is 5.92 Å². The van der Waals surface area contributed by atoms with E-state index in [1.165, 1.54) is 24.1 Å². The standard InChI is InChI=1S/C25H28N2O3/c1-2-6-16-7-4-10-19-20-11-5-12-21(25(29)30)23(20)27(22(19)14-16)15-17-8-3-9-18(13-17)24(26)28/h3,5,8-9,11-13,16H,2,4,6-7,10,14-15H2,1H3,(H2,26,28)(H,29,30). The van der Waals surface area contributed by atoms with Crippen molar-refractivity contribution in [2.24, 2.45) is 11.7 Å².